The average molecular weight is 488 g/mol. The zero-order valence-corrected chi connectivity index (χ0v) is 20.6. The molecule has 0 aromatic rings. The molecular weight excluding hydrogens is 450 g/mol. The number of carbonyl (C=O) groups is 4. The van der Waals surface area contributed by atoms with Gasteiger partial charge < -0.3 is 14.3 Å². The van der Waals surface area contributed by atoms with Gasteiger partial charge in [0.05, 0.1) is 12.3 Å². The normalized spacial score (nSPS) is 23.0. The quantitative estimate of drug-likeness (QED) is 0.196. The van der Waals surface area contributed by atoms with Gasteiger partial charge in [0.15, 0.2) is 0 Å². The van der Waals surface area contributed by atoms with E-state index in [4.69, 9.17) is 14.3 Å². The van der Waals surface area contributed by atoms with Gasteiger partial charge in [-0.25, -0.2) is 4.79 Å². The van der Waals surface area contributed by atoms with Crippen LogP contribution in [0.5, 0.6) is 0 Å². The summed E-state index contributed by atoms with van der Waals surface area (Å²) in [6.45, 7) is 5.13. The van der Waals surface area contributed by atoms with Gasteiger partial charge in [0.2, 0.25) is 0 Å². The molecule has 0 aromatic carbocycles. The molecule has 192 valence electrons. The molecule has 0 spiro atoms. The van der Waals surface area contributed by atoms with Crippen molar-refractivity contribution in [3.8, 4) is 11.8 Å². The Morgan fingerprint density at radius 3 is 2.17 bits per heavy atom. The third-order valence-electron chi connectivity index (χ3n) is 6.86. The fourth-order valence-corrected chi connectivity index (χ4v) is 4.78. The van der Waals surface area contributed by atoms with Crippen molar-refractivity contribution in [1.82, 2.24) is 5.06 Å². The monoisotopic (exact) mass is 487 g/mol. The second-order valence-corrected chi connectivity index (χ2v) is 9.53. The molecule has 3 rings (SSSR count). The van der Waals surface area contributed by atoms with Crippen molar-refractivity contribution < 1.29 is 33.5 Å². The lowest BCUT2D eigenvalue weighted by Gasteiger charge is -2.15. The minimum atomic E-state index is -0.535. The number of hydrogen-bond acceptors (Lipinski definition) is 7. The number of nitrogens with zero attached hydrogens (tertiary/aromatic N) is 1. The second-order valence-electron chi connectivity index (χ2n) is 9.53. The Hall–Kier alpha value is -2.66. The molecule has 1 saturated heterocycles. The van der Waals surface area contributed by atoms with Gasteiger partial charge >= 0.3 is 11.9 Å². The molecular formula is C27H37NO7. The molecule has 8 heteroatoms. The molecule has 1 aliphatic heterocycles. The van der Waals surface area contributed by atoms with Crippen molar-refractivity contribution >= 4 is 23.6 Å². The van der Waals surface area contributed by atoms with Crippen molar-refractivity contribution in [3.05, 3.63) is 12.3 Å². The first-order valence-electron chi connectivity index (χ1n) is 12.9. The number of hydroxylamine groups is 2. The predicted molar refractivity (Wildman–Crippen MR) is 127 cm³/mol. The number of ether oxygens (including phenoxy) is 2. The van der Waals surface area contributed by atoms with Crippen LogP contribution >= 0.6 is 0 Å². The van der Waals surface area contributed by atoms with Gasteiger partial charge in [-0.15, -0.1) is 16.9 Å². The molecule has 1 saturated carbocycles. The molecule has 1 heterocycles. The van der Waals surface area contributed by atoms with Gasteiger partial charge in [0, 0.05) is 58.2 Å². The molecule has 3 aliphatic rings. The first kappa shape index (κ1) is 26.9. The maximum Gasteiger partial charge on any atom is 0.333 e. The summed E-state index contributed by atoms with van der Waals surface area (Å²) in [6.07, 6.45) is 7.63. The van der Waals surface area contributed by atoms with Crippen molar-refractivity contribution in [2.75, 3.05) is 19.8 Å². The predicted octanol–water partition coefficient (Wildman–Crippen LogP) is 3.88. The molecule has 2 unspecified atom stereocenters. The van der Waals surface area contributed by atoms with Crippen LogP contribution in [0.4, 0.5) is 0 Å². The van der Waals surface area contributed by atoms with Crippen LogP contribution in [0.15, 0.2) is 12.3 Å². The van der Waals surface area contributed by atoms with Gasteiger partial charge in [-0.1, -0.05) is 6.58 Å². The summed E-state index contributed by atoms with van der Waals surface area (Å²) in [4.78, 5) is 52.3. The highest BCUT2D eigenvalue weighted by Crippen LogP contribution is 2.52. The summed E-state index contributed by atoms with van der Waals surface area (Å²) in [5, 5.41) is 0.956. The summed E-state index contributed by atoms with van der Waals surface area (Å²) in [5.74, 6) is 7.33. The molecule has 0 radical (unpaired) electrons. The number of amides is 1. The summed E-state index contributed by atoms with van der Waals surface area (Å²) < 4.78 is 11.0. The Kier molecular flexibility index (Phi) is 10.8. The van der Waals surface area contributed by atoms with Gasteiger partial charge in [-0.05, 0) is 56.3 Å². The van der Waals surface area contributed by atoms with E-state index in [1.165, 1.54) is 0 Å². The largest absolute Gasteiger partial charge is 0.465 e. The highest BCUT2D eigenvalue weighted by molar-refractivity contribution is 5.82. The Morgan fingerprint density at radius 1 is 0.886 bits per heavy atom. The molecule has 2 fully saturated rings. The standard InChI is InChI=1S/C27H37NO7/c1-20-15-16-25(30)28(20)35-27(32)13-6-9-21(29)10-7-17-33-18-8-14-26(31)34-19-24-22-11-4-2-3-5-12-23(22)24/h22-24H,1,4-19H2. The van der Waals surface area contributed by atoms with Gasteiger partial charge in [0.25, 0.3) is 5.91 Å². The van der Waals surface area contributed by atoms with Gasteiger partial charge in [0.1, 0.15) is 5.78 Å². The highest BCUT2D eigenvalue weighted by atomic mass is 16.7. The van der Waals surface area contributed by atoms with E-state index < -0.39 is 5.97 Å². The third-order valence-corrected chi connectivity index (χ3v) is 6.86. The van der Waals surface area contributed by atoms with Crippen LogP contribution < -0.4 is 0 Å². The summed E-state index contributed by atoms with van der Waals surface area (Å²) in [6, 6.07) is 0. The van der Waals surface area contributed by atoms with Crippen LogP contribution in [0, 0.1) is 29.6 Å². The van der Waals surface area contributed by atoms with E-state index in [1.807, 2.05) is 0 Å². The van der Waals surface area contributed by atoms with E-state index in [1.54, 1.807) is 0 Å². The van der Waals surface area contributed by atoms with E-state index in [0.717, 1.165) is 30.7 Å². The van der Waals surface area contributed by atoms with Crippen molar-refractivity contribution in [1.29, 1.82) is 0 Å². The number of allylic oxidation sites excluding steroid dienone is 1. The molecule has 2 aliphatic carbocycles. The molecule has 35 heavy (non-hydrogen) atoms. The fraction of sp³-hybridized carbons (Fsp3) is 0.704. The number of rotatable bonds is 15. The van der Waals surface area contributed by atoms with Crippen LogP contribution in [-0.2, 0) is 33.5 Å². The van der Waals surface area contributed by atoms with Crippen LogP contribution in [-0.4, -0.2) is 48.5 Å². The Bertz CT molecular complexity index is 821. The lowest BCUT2D eigenvalue weighted by Crippen LogP contribution is -2.26. The summed E-state index contributed by atoms with van der Waals surface area (Å²) >= 11 is 0. The molecule has 1 amide bonds. The molecule has 8 nitrogen and oxygen atoms in total. The Labute approximate surface area is 207 Å². The first-order chi connectivity index (χ1) is 17.0. The molecule has 0 bridgehead atoms. The van der Waals surface area contributed by atoms with Gasteiger partial charge in [-0.2, -0.15) is 0 Å². The minimum Gasteiger partial charge on any atom is -0.465 e. The molecule has 0 aromatic heterocycles. The van der Waals surface area contributed by atoms with Crippen molar-refractivity contribution in [2.24, 2.45) is 17.8 Å². The van der Waals surface area contributed by atoms with Crippen molar-refractivity contribution in [3.63, 3.8) is 0 Å². The average Bonchev–Trinajstić information content (AvgIpc) is 3.36. The Morgan fingerprint density at radius 2 is 1.51 bits per heavy atom. The summed E-state index contributed by atoms with van der Waals surface area (Å²) in [5.41, 5.74) is 0.480. The van der Waals surface area contributed by atoms with E-state index >= 15 is 0 Å². The SMILES string of the molecule is C=C1CCC(=O)N1OC(=O)CCCC(=O)CCCOCCCC(=O)OCC1C2CCC#CCCC21. The van der Waals surface area contributed by atoms with E-state index in [2.05, 4.69) is 18.4 Å². The molecule has 2 atom stereocenters. The third kappa shape index (κ3) is 9.14. The topological polar surface area (TPSA) is 99.2 Å². The van der Waals surface area contributed by atoms with Crippen LogP contribution in [0.3, 0.4) is 0 Å². The second kappa shape index (κ2) is 14.0. The number of hydrogen-bond donors (Lipinski definition) is 0. The van der Waals surface area contributed by atoms with Crippen LogP contribution in [0.2, 0.25) is 0 Å². The van der Waals surface area contributed by atoms with E-state index in [0.29, 0.717) is 88.2 Å². The van der Waals surface area contributed by atoms with E-state index in [-0.39, 0.29) is 30.5 Å². The van der Waals surface area contributed by atoms with E-state index in [9.17, 15) is 19.2 Å². The lowest BCUT2D eigenvalue weighted by atomic mass is 10.1. The zero-order valence-electron chi connectivity index (χ0n) is 20.6. The van der Waals surface area contributed by atoms with Gasteiger partial charge in [-0.3, -0.25) is 14.4 Å². The molecule has 0 N–H and O–H groups in total. The lowest BCUT2D eigenvalue weighted by molar-refractivity contribution is -0.186. The highest BCUT2D eigenvalue weighted by Gasteiger charge is 2.49. The number of fused-ring (bicyclic) bond motifs is 1. The summed E-state index contributed by atoms with van der Waals surface area (Å²) in [7, 11) is 0. The number of carbonyl (C=O) groups excluding carboxylic acids is 4. The van der Waals surface area contributed by atoms with Crippen LogP contribution in [0.25, 0.3) is 0 Å². The number of Topliss-reactive ketones (excluding diaryl/α,β-unsaturated/α-hetero) is 1. The number of esters is 1. The van der Waals surface area contributed by atoms with Crippen molar-refractivity contribution in [2.45, 2.75) is 83.5 Å². The Balaban J connectivity index is 1.11. The minimum absolute atomic E-state index is 0.0604. The zero-order chi connectivity index (χ0) is 25.0. The van der Waals surface area contributed by atoms with Crippen LogP contribution in [0.1, 0.15) is 83.5 Å². The maximum atomic E-state index is 12.0. The smallest absolute Gasteiger partial charge is 0.333 e. The first-order valence-corrected chi connectivity index (χ1v) is 12.9. The number of ketones is 1. The maximum absolute atomic E-state index is 12.0. The fourth-order valence-electron chi connectivity index (χ4n) is 4.78.